The number of benzene rings is 1. The van der Waals surface area contributed by atoms with E-state index in [9.17, 15) is 4.79 Å². The van der Waals surface area contributed by atoms with Gasteiger partial charge in [-0.25, -0.2) is 0 Å². The number of ether oxygens (including phenoxy) is 1. The molecular formula is C13H15BrClNO2. The van der Waals surface area contributed by atoms with E-state index in [4.69, 9.17) is 16.3 Å². The van der Waals surface area contributed by atoms with E-state index in [0.29, 0.717) is 30.3 Å². The highest BCUT2D eigenvalue weighted by atomic mass is 79.9. The van der Waals surface area contributed by atoms with E-state index in [1.807, 2.05) is 0 Å². The third kappa shape index (κ3) is 5.67. The summed E-state index contributed by atoms with van der Waals surface area (Å²) < 4.78 is 6.07. The first-order valence-corrected chi connectivity index (χ1v) is 6.73. The van der Waals surface area contributed by atoms with Crippen molar-refractivity contribution < 1.29 is 9.53 Å². The second-order valence-electron chi connectivity index (χ2n) is 3.60. The predicted molar refractivity (Wildman–Crippen MR) is 77.1 cm³/mol. The molecule has 0 saturated carbocycles. The van der Waals surface area contributed by atoms with E-state index < -0.39 is 0 Å². The maximum Gasteiger partial charge on any atom is 0.251 e. The minimum atomic E-state index is -0.162. The molecule has 0 aliphatic heterocycles. The average molecular weight is 333 g/mol. The van der Waals surface area contributed by atoms with E-state index in [2.05, 4.69) is 27.8 Å². The predicted octanol–water partition coefficient (Wildman–Crippen LogP) is 3.43. The molecule has 0 aliphatic carbocycles. The van der Waals surface area contributed by atoms with E-state index in [-0.39, 0.29) is 5.91 Å². The Morgan fingerprint density at radius 1 is 1.44 bits per heavy atom. The molecule has 1 amide bonds. The molecular weight excluding hydrogens is 318 g/mol. The van der Waals surface area contributed by atoms with Gasteiger partial charge in [0.15, 0.2) is 0 Å². The van der Waals surface area contributed by atoms with E-state index >= 15 is 0 Å². The lowest BCUT2D eigenvalue weighted by atomic mass is 10.2. The van der Waals surface area contributed by atoms with Gasteiger partial charge in [0.05, 0.1) is 13.2 Å². The van der Waals surface area contributed by atoms with Crippen molar-refractivity contribution in [3.8, 4) is 0 Å². The van der Waals surface area contributed by atoms with E-state index in [1.165, 1.54) is 0 Å². The van der Waals surface area contributed by atoms with E-state index in [0.717, 1.165) is 10.9 Å². The zero-order chi connectivity index (χ0) is 13.4. The summed E-state index contributed by atoms with van der Waals surface area (Å²) >= 11 is 9.16. The summed E-state index contributed by atoms with van der Waals surface area (Å²) in [4.78, 5) is 11.8. The Bertz CT molecular complexity index is 403. The van der Waals surface area contributed by atoms with Crippen LogP contribution in [0.4, 0.5) is 0 Å². The number of carbonyl (C=O) groups is 1. The molecule has 3 nitrogen and oxygen atoms in total. The summed E-state index contributed by atoms with van der Waals surface area (Å²) in [5.41, 5.74) is 0.528. The smallest absolute Gasteiger partial charge is 0.251 e. The van der Waals surface area contributed by atoms with Crippen LogP contribution in [0.5, 0.6) is 0 Å². The molecule has 0 heterocycles. The Labute approximate surface area is 120 Å². The van der Waals surface area contributed by atoms with Crippen LogP contribution in [0.1, 0.15) is 16.8 Å². The number of amides is 1. The van der Waals surface area contributed by atoms with Gasteiger partial charge in [-0.05, 0) is 24.6 Å². The maximum absolute atomic E-state index is 11.8. The first-order valence-electron chi connectivity index (χ1n) is 5.56. The first kappa shape index (κ1) is 15.2. The van der Waals surface area contributed by atoms with Gasteiger partial charge in [0, 0.05) is 21.6 Å². The monoisotopic (exact) mass is 331 g/mol. The van der Waals surface area contributed by atoms with Gasteiger partial charge in [-0.2, -0.15) is 0 Å². The third-order valence-electron chi connectivity index (χ3n) is 2.12. The molecule has 18 heavy (non-hydrogen) atoms. The van der Waals surface area contributed by atoms with Gasteiger partial charge in [-0.3, -0.25) is 4.79 Å². The summed E-state index contributed by atoms with van der Waals surface area (Å²) in [6.45, 7) is 5.18. The van der Waals surface area contributed by atoms with Crippen LogP contribution in [-0.4, -0.2) is 25.7 Å². The van der Waals surface area contributed by atoms with Crippen molar-refractivity contribution in [1.29, 1.82) is 0 Å². The quantitative estimate of drug-likeness (QED) is 0.614. The van der Waals surface area contributed by atoms with Gasteiger partial charge >= 0.3 is 0 Å². The van der Waals surface area contributed by atoms with Gasteiger partial charge in [-0.1, -0.05) is 33.6 Å². The number of hydrogen-bond acceptors (Lipinski definition) is 2. The molecule has 5 heteroatoms. The SMILES string of the molecule is C=CCCOCCNC(=O)c1cc(Cl)cc(Br)c1. The Balaban J connectivity index is 2.34. The summed E-state index contributed by atoms with van der Waals surface area (Å²) in [5.74, 6) is -0.162. The van der Waals surface area contributed by atoms with Gasteiger partial charge < -0.3 is 10.1 Å². The molecule has 98 valence electrons. The van der Waals surface area contributed by atoms with Crippen LogP contribution in [0.3, 0.4) is 0 Å². The number of rotatable bonds is 7. The average Bonchev–Trinajstić information content (AvgIpc) is 2.32. The highest BCUT2D eigenvalue weighted by molar-refractivity contribution is 9.10. The van der Waals surface area contributed by atoms with Crippen molar-refractivity contribution in [3.05, 3.63) is 45.9 Å². The molecule has 0 fully saturated rings. The maximum atomic E-state index is 11.8. The largest absolute Gasteiger partial charge is 0.379 e. The molecule has 0 aliphatic rings. The minimum Gasteiger partial charge on any atom is -0.379 e. The molecule has 1 aromatic rings. The van der Waals surface area contributed by atoms with Crippen LogP contribution in [0.2, 0.25) is 5.02 Å². The highest BCUT2D eigenvalue weighted by Crippen LogP contribution is 2.19. The minimum absolute atomic E-state index is 0.162. The fourth-order valence-corrected chi connectivity index (χ4v) is 2.15. The molecule has 1 N–H and O–H groups in total. The molecule has 0 saturated heterocycles. The van der Waals surface area contributed by atoms with Crippen LogP contribution < -0.4 is 5.32 Å². The topological polar surface area (TPSA) is 38.3 Å². The van der Waals surface area contributed by atoms with Crippen molar-refractivity contribution >= 4 is 33.4 Å². The molecule has 0 unspecified atom stereocenters. The molecule has 0 bridgehead atoms. The second-order valence-corrected chi connectivity index (χ2v) is 4.96. The number of nitrogens with one attached hydrogen (secondary N) is 1. The Morgan fingerprint density at radius 2 is 2.22 bits per heavy atom. The molecule has 0 atom stereocenters. The van der Waals surface area contributed by atoms with Crippen LogP contribution in [0.25, 0.3) is 0 Å². The zero-order valence-corrected chi connectivity index (χ0v) is 12.3. The molecule has 1 rings (SSSR count). The molecule has 0 spiro atoms. The third-order valence-corrected chi connectivity index (χ3v) is 2.80. The van der Waals surface area contributed by atoms with Crippen molar-refractivity contribution in [2.75, 3.05) is 19.8 Å². The van der Waals surface area contributed by atoms with Crippen LogP contribution in [-0.2, 0) is 4.74 Å². The highest BCUT2D eigenvalue weighted by Gasteiger charge is 2.06. The van der Waals surface area contributed by atoms with Crippen molar-refractivity contribution in [2.24, 2.45) is 0 Å². The standard InChI is InChI=1S/C13H15BrClNO2/c1-2-3-5-18-6-4-16-13(17)10-7-11(14)9-12(15)8-10/h2,7-9H,1,3-6H2,(H,16,17). The molecule has 0 radical (unpaired) electrons. The Hall–Kier alpha value is -0.840. The lowest BCUT2D eigenvalue weighted by Crippen LogP contribution is -2.27. The Kier molecular flexibility index (Phi) is 7.01. The lowest BCUT2D eigenvalue weighted by molar-refractivity contribution is 0.0918. The van der Waals surface area contributed by atoms with Crippen LogP contribution in [0.15, 0.2) is 35.3 Å². The van der Waals surface area contributed by atoms with Gasteiger partial charge in [0.2, 0.25) is 0 Å². The molecule has 0 aromatic heterocycles. The summed E-state index contributed by atoms with van der Waals surface area (Å²) in [5, 5.41) is 3.29. The van der Waals surface area contributed by atoms with Gasteiger partial charge in [-0.15, -0.1) is 6.58 Å². The van der Waals surface area contributed by atoms with Gasteiger partial charge in [0.25, 0.3) is 5.91 Å². The number of halogens is 2. The van der Waals surface area contributed by atoms with Crippen molar-refractivity contribution in [2.45, 2.75) is 6.42 Å². The van der Waals surface area contributed by atoms with Crippen LogP contribution >= 0.6 is 27.5 Å². The second kappa shape index (κ2) is 8.29. The molecule has 1 aromatic carbocycles. The van der Waals surface area contributed by atoms with Gasteiger partial charge in [0.1, 0.15) is 0 Å². The van der Waals surface area contributed by atoms with Crippen molar-refractivity contribution in [1.82, 2.24) is 5.32 Å². The normalized spacial score (nSPS) is 10.1. The number of hydrogen-bond donors (Lipinski definition) is 1. The summed E-state index contributed by atoms with van der Waals surface area (Å²) in [6.07, 6.45) is 2.61. The lowest BCUT2D eigenvalue weighted by Gasteiger charge is -2.06. The summed E-state index contributed by atoms with van der Waals surface area (Å²) in [7, 11) is 0. The van der Waals surface area contributed by atoms with Crippen molar-refractivity contribution in [3.63, 3.8) is 0 Å². The first-order chi connectivity index (χ1) is 8.63. The Morgan fingerprint density at radius 3 is 2.89 bits per heavy atom. The zero-order valence-electron chi connectivity index (χ0n) is 9.92. The van der Waals surface area contributed by atoms with Crippen LogP contribution in [0, 0.1) is 0 Å². The van der Waals surface area contributed by atoms with E-state index in [1.54, 1.807) is 24.3 Å². The summed E-state index contributed by atoms with van der Waals surface area (Å²) in [6, 6.07) is 5.08. The number of carbonyl (C=O) groups excluding carboxylic acids is 1. The fourth-order valence-electron chi connectivity index (χ4n) is 1.29. The fraction of sp³-hybridized carbons (Fsp3) is 0.308.